The van der Waals surface area contributed by atoms with Gasteiger partial charge in [0, 0.05) is 19.5 Å². The van der Waals surface area contributed by atoms with Crippen LogP contribution >= 0.6 is 11.3 Å². The molecule has 1 aromatic carbocycles. The lowest BCUT2D eigenvalue weighted by atomic mass is 10.0. The molecular formula is C30H41N7O7S. The van der Waals surface area contributed by atoms with Gasteiger partial charge in [-0.15, -0.1) is 11.3 Å². The van der Waals surface area contributed by atoms with Crippen LogP contribution in [0.2, 0.25) is 0 Å². The van der Waals surface area contributed by atoms with E-state index in [-0.39, 0.29) is 25.4 Å². The molecule has 1 aliphatic heterocycles. The van der Waals surface area contributed by atoms with Crippen LogP contribution in [-0.4, -0.2) is 101 Å². The Morgan fingerprint density at radius 2 is 1.62 bits per heavy atom. The first-order chi connectivity index (χ1) is 21.3. The van der Waals surface area contributed by atoms with Crippen molar-refractivity contribution in [2.24, 2.45) is 5.92 Å². The maximum absolute atomic E-state index is 13.6. The van der Waals surface area contributed by atoms with Gasteiger partial charge in [0.05, 0.1) is 23.9 Å². The molecule has 6 amide bonds. The molecule has 0 aliphatic carbocycles. The number of carbonyl (C=O) groups is 6. The molecule has 0 radical (unpaired) electrons. The standard InChI is InChI=1S/C30H41N7O7S/c1-16(2)24-29(43)33-18(4)26(40)35-22(15-38)28(42)34-21(13-20-9-7-6-8-10-20)27(41)31-11-12-37(14-23(39)36-24)30(44)25-17(3)32-19(5)45-25/h6-10,16,18,21-22,24,38H,11-15H2,1-5H3,(H,31,41)(H,33,43)(H,34,42)(H,35,40)(H,36,39)/t18-,21+,22-,24+/m0/s1. The molecule has 4 atom stereocenters. The second kappa shape index (κ2) is 16.1. The van der Waals surface area contributed by atoms with Crippen molar-refractivity contribution >= 4 is 46.8 Å². The molecule has 3 rings (SSSR count). The lowest BCUT2D eigenvalue weighted by Crippen LogP contribution is -2.60. The summed E-state index contributed by atoms with van der Waals surface area (Å²) in [5.41, 5.74) is 1.24. The third-order valence-electron chi connectivity index (χ3n) is 7.15. The highest BCUT2D eigenvalue weighted by Crippen LogP contribution is 2.19. The van der Waals surface area contributed by atoms with E-state index in [0.29, 0.717) is 15.6 Å². The van der Waals surface area contributed by atoms with Crippen LogP contribution < -0.4 is 26.6 Å². The van der Waals surface area contributed by atoms with Gasteiger partial charge in [-0.1, -0.05) is 44.2 Å². The van der Waals surface area contributed by atoms with E-state index in [1.165, 1.54) is 23.2 Å². The Balaban J connectivity index is 1.94. The van der Waals surface area contributed by atoms with E-state index < -0.39 is 72.8 Å². The zero-order chi connectivity index (χ0) is 33.3. The fourth-order valence-corrected chi connectivity index (χ4v) is 5.57. The number of rotatable bonds is 5. The number of aliphatic hydroxyl groups excluding tert-OH is 1. The number of aryl methyl sites for hydroxylation is 2. The minimum atomic E-state index is -1.42. The van der Waals surface area contributed by atoms with Crippen LogP contribution in [0.1, 0.15) is 46.7 Å². The number of hydrogen-bond acceptors (Lipinski definition) is 9. The molecule has 2 aromatic rings. The number of thiazole rings is 1. The normalized spacial score (nSPS) is 22.8. The van der Waals surface area contributed by atoms with Crippen molar-refractivity contribution in [2.75, 3.05) is 26.2 Å². The average molecular weight is 644 g/mol. The SMILES string of the molecule is Cc1nc(C)c(C(=O)N2CCNC(=O)[C@@H](Cc3ccccc3)NC(=O)[C@H](CO)NC(=O)[C@H](C)NC(=O)[C@@H](C(C)C)NC(=O)C2)s1. The summed E-state index contributed by atoms with van der Waals surface area (Å²) in [4.78, 5) is 85.2. The molecule has 1 aliphatic rings. The zero-order valence-electron chi connectivity index (χ0n) is 26.0. The molecule has 2 heterocycles. The van der Waals surface area contributed by atoms with Crippen LogP contribution in [0, 0.1) is 19.8 Å². The molecule has 1 saturated heterocycles. The molecule has 0 spiro atoms. The highest BCUT2D eigenvalue weighted by atomic mass is 32.1. The maximum Gasteiger partial charge on any atom is 0.266 e. The Hall–Kier alpha value is -4.37. The molecule has 0 saturated carbocycles. The van der Waals surface area contributed by atoms with Crippen molar-refractivity contribution in [3.05, 3.63) is 51.5 Å². The fraction of sp³-hybridized carbons (Fsp3) is 0.500. The Kier molecular flexibility index (Phi) is 12.6. The van der Waals surface area contributed by atoms with Crippen molar-refractivity contribution in [1.82, 2.24) is 36.5 Å². The van der Waals surface area contributed by atoms with E-state index in [2.05, 4.69) is 31.6 Å². The van der Waals surface area contributed by atoms with E-state index in [4.69, 9.17) is 0 Å². The summed E-state index contributed by atoms with van der Waals surface area (Å²) < 4.78 is 0. The number of aromatic nitrogens is 1. The summed E-state index contributed by atoms with van der Waals surface area (Å²) in [6, 6.07) is 4.22. The molecule has 244 valence electrons. The highest BCUT2D eigenvalue weighted by molar-refractivity contribution is 7.13. The van der Waals surface area contributed by atoms with Crippen molar-refractivity contribution in [3.63, 3.8) is 0 Å². The first-order valence-electron chi connectivity index (χ1n) is 14.7. The third kappa shape index (κ3) is 9.81. The number of benzene rings is 1. The minimum absolute atomic E-state index is 0.0642. The molecule has 0 unspecified atom stereocenters. The second-order valence-corrected chi connectivity index (χ2v) is 12.4. The van der Waals surface area contributed by atoms with Crippen molar-refractivity contribution in [2.45, 2.75) is 65.2 Å². The molecule has 15 heteroatoms. The smallest absolute Gasteiger partial charge is 0.266 e. The fourth-order valence-electron chi connectivity index (χ4n) is 4.68. The van der Waals surface area contributed by atoms with Gasteiger partial charge in [0.1, 0.15) is 29.0 Å². The monoisotopic (exact) mass is 643 g/mol. The van der Waals surface area contributed by atoms with Crippen LogP contribution in [0.4, 0.5) is 0 Å². The predicted molar refractivity (Wildman–Crippen MR) is 166 cm³/mol. The number of aliphatic hydroxyl groups is 1. The molecule has 1 aromatic heterocycles. The maximum atomic E-state index is 13.6. The Morgan fingerprint density at radius 1 is 0.956 bits per heavy atom. The van der Waals surface area contributed by atoms with Gasteiger partial charge in [0.2, 0.25) is 29.5 Å². The van der Waals surface area contributed by atoms with Gasteiger partial charge in [-0.05, 0) is 32.3 Å². The van der Waals surface area contributed by atoms with Crippen molar-refractivity contribution in [3.8, 4) is 0 Å². The lowest BCUT2D eigenvalue weighted by molar-refractivity contribution is -0.135. The van der Waals surface area contributed by atoms with Crippen molar-refractivity contribution in [1.29, 1.82) is 0 Å². The van der Waals surface area contributed by atoms with E-state index >= 15 is 0 Å². The summed E-state index contributed by atoms with van der Waals surface area (Å²) in [5, 5.41) is 23.5. The highest BCUT2D eigenvalue weighted by Gasteiger charge is 2.32. The Morgan fingerprint density at radius 3 is 2.22 bits per heavy atom. The van der Waals surface area contributed by atoms with Crippen LogP contribution in [0.5, 0.6) is 0 Å². The van der Waals surface area contributed by atoms with Gasteiger partial charge >= 0.3 is 0 Å². The van der Waals surface area contributed by atoms with Gasteiger partial charge in [0.15, 0.2) is 0 Å². The van der Waals surface area contributed by atoms with Crippen LogP contribution in [0.25, 0.3) is 0 Å². The number of nitrogens with zero attached hydrogens (tertiary/aromatic N) is 2. The average Bonchev–Trinajstić information content (AvgIpc) is 3.34. The summed E-state index contributed by atoms with van der Waals surface area (Å²) >= 11 is 1.18. The van der Waals surface area contributed by atoms with Crippen molar-refractivity contribution < 1.29 is 33.9 Å². The first-order valence-corrected chi connectivity index (χ1v) is 15.5. The number of nitrogens with one attached hydrogen (secondary N) is 5. The third-order valence-corrected chi connectivity index (χ3v) is 8.21. The van der Waals surface area contributed by atoms with Gasteiger partial charge in [0.25, 0.3) is 5.91 Å². The van der Waals surface area contributed by atoms with Gasteiger partial charge in [-0.25, -0.2) is 4.98 Å². The summed E-state index contributed by atoms with van der Waals surface area (Å²) in [7, 11) is 0. The minimum Gasteiger partial charge on any atom is -0.394 e. The largest absolute Gasteiger partial charge is 0.394 e. The Bertz CT molecular complexity index is 1400. The topological polar surface area (TPSA) is 199 Å². The van der Waals surface area contributed by atoms with E-state index in [9.17, 15) is 33.9 Å². The van der Waals surface area contributed by atoms with Gasteiger partial charge in [-0.3, -0.25) is 28.8 Å². The zero-order valence-corrected chi connectivity index (χ0v) is 26.8. The Labute approximate surface area is 265 Å². The summed E-state index contributed by atoms with van der Waals surface area (Å²) in [5.74, 6) is -4.25. The van der Waals surface area contributed by atoms with E-state index in [0.717, 1.165) is 5.56 Å². The molecule has 45 heavy (non-hydrogen) atoms. The number of hydrogen-bond donors (Lipinski definition) is 6. The molecule has 0 bridgehead atoms. The quantitative estimate of drug-likeness (QED) is 0.243. The summed E-state index contributed by atoms with van der Waals surface area (Å²) in [6.07, 6.45) is 0.0952. The van der Waals surface area contributed by atoms with Gasteiger partial charge in [-0.2, -0.15) is 0 Å². The second-order valence-electron chi connectivity index (χ2n) is 11.2. The van der Waals surface area contributed by atoms with Crippen LogP contribution in [-0.2, 0) is 30.4 Å². The molecule has 1 fully saturated rings. The first kappa shape index (κ1) is 35.1. The van der Waals surface area contributed by atoms with Gasteiger partial charge < -0.3 is 36.6 Å². The van der Waals surface area contributed by atoms with E-state index in [1.54, 1.807) is 58.0 Å². The molecule has 6 N–H and O–H groups in total. The molecule has 14 nitrogen and oxygen atoms in total. The van der Waals surface area contributed by atoms with E-state index in [1.807, 2.05) is 0 Å². The number of amides is 6. The number of carbonyl (C=O) groups excluding carboxylic acids is 6. The summed E-state index contributed by atoms with van der Waals surface area (Å²) in [6.45, 7) is 6.94. The van der Waals surface area contributed by atoms with Crippen LogP contribution in [0.3, 0.4) is 0 Å². The molecular weight excluding hydrogens is 602 g/mol. The predicted octanol–water partition coefficient (Wildman–Crippen LogP) is -0.818. The lowest BCUT2D eigenvalue weighted by Gasteiger charge is -2.28. The van der Waals surface area contributed by atoms with Crippen LogP contribution in [0.15, 0.2) is 30.3 Å².